The second-order valence-corrected chi connectivity index (χ2v) is 4.41. The number of halogens is 4. The Labute approximate surface area is 123 Å². The topological polar surface area (TPSA) is 54.9 Å². The molecule has 8 heteroatoms. The predicted molar refractivity (Wildman–Crippen MR) is 69.7 cm³/mol. The van der Waals surface area contributed by atoms with Gasteiger partial charge in [-0.05, 0) is 12.1 Å². The molecule has 0 saturated carbocycles. The van der Waals surface area contributed by atoms with E-state index in [1.54, 1.807) is 12.1 Å². The van der Waals surface area contributed by atoms with Gasteiger partial charge >= 0.3 is 6.18 Å². The van der Waals surface area contributed by atoms with Gasteiger partial charge in [0, 0.05) is 30.7 Å². The van der Waals surface area contributed by atoms with Gasteiger partial charge in [0.2, 0.25) is 0 Å². The first-order valence-electron chi connectivity index (χ1n) is 5.78. The Kier molecular flexibility index (Phi) is 4.42. The van der Waals surface area contributed by atoms with Gasteiger partial charge in [0.15, 0.2) is 0 Å². The lowest BCUT2D eigenvalue weighted by Crippen LogP contribution is -2.26. The highest BCUT2D eigenvalue weighted by atomic mass is 35.5. The van der Waals surface area contributed by atoms with Crippen LogP contribution in [0.1, 0.15) is 21.5 Å². The van der Waals surface area contributed by atoms with E-state index >= 15 is 0 Å². The first kappa shape index (κ1) is 15.2. The molecule has 0 fully saturated rings. The first-order chi connectivity index (χ1) is 9.89. The Bertz CT molecular complexity index is 661. The molecule has 2 rings (SSSR count). The highest BCUT2D eigenvalue weighted by Crippen LogP contribution is 2.31. The summed E-state index contributed by atoms with van der Waals surface area (Å²) in [7, 11) is 0. The second-order valence-electron chi connectivity index (χ2n) is 4.06. The van der Waals surface area contributed by atoms with E-state index in [1.165, 1.54) is 6.20 Å². The van der Waals surface area contributed by atoms with E-state index in [9.17, 15) is 18.0 Å². The molecule has 0 atom stereocenters. The van der Waals surface area contributed by atoms with Crippen molar-refractivity contribution in [1.82, 2.24) is 15.3 Å². The average Bonchev–Trinajstić information content (AvgIpc) is 2.45. The summed E-state index contributed by atoms with van der Waals surface area (Å²) in [5, 5.41) is 2.55. The molecule has 2 aromatic heterocycles. The van der Waals surface area contributed by atoms with Crippen molar-refractivity contribution < 1.29 is 18.0 Å². The van der Waals surface area contributed by atoms with Crippen molar-refractivity contribution in [3.8, 4) is 0 Å². The monoisotopic (exact) mass is 315 g/mol. The Balaban J connectivity index is 2.17. The van der Waals surface area contributed by atoms with E-state index in [4.69, 9.17) is 11.6 Å². The highest BCUT2D eigenvalue weighted by molar-refractivity contribution is 6.30. The minimum absolute atomic E-state index is 0.0301. The summed E-state index contributed by atoms with van der Waals surface area (Å²) >= 11 is 5.80. The average molecular weight is 316 g/mol. The zero-order valence-electron chi connectivity index (χ0n) is 10.5. The number of carbonyl (C=O) groups excluding carboxylic acids is 1. The maximum Gasteiger partial charge on any atom is 0.417 e. The minimum atomic E-state index is -4.62. The molecule has 21 heavy (non-hydrogen) atoms. The smallest absolute Gasteiger partial charge is 0.348 e. The van der Waals surface area contributed by atoms with Crippen LogP contribution in [0.15, 0.2) is 36.8 Å². The Morgan fingerprint density at radius 1 is 1.29 bits per heavy atom. The zero-order valence-corrected chi connectivity index (χ0v) is 11.2. The van der Waals surface area contributed by atoms with E-state index in [-0.39, 0.29) is 11.7 Å². The molecule has 2 heterocycles. The number of hydrogen-bond donors (Lipinski definition) is 1. The molecule has 110 valence electrons. The number of amides is 1. The third-order valence-electron chi connectivity index (χ3n) is 2.65. The quantitative estimate of drug-likeness (QED) is 0.886. The lowest BCUT2D eigenvalue weighted by molar-refractivity contribution is -0.138. The fourth-order valence-corrected chi connectivity index (χ4v) is 1.83. The van der Waals surface area contributed by atoms with Crippen molar-refractivity contribution >= 4 is 17.5 Å². The van der Waals surface area contributed by atoms with Gasteiger partial charge < -0.3 is 5.32 Å². The molecule has 2 aromatic rings. The molecule has 1 N–H and O–H groups in total. The number of rotatable bonds is 3. The van der Waals surface area contributed by atoms with Crippen LogP contribution < -0.4 is 5.32 Å². The molecule has 0 aliphatic rings. The molecule has 0 bridgehead atoms. The van der Waals surface area contributed by atoms with Gasteiger partial charge in [0.25, 0.3) is 5.91 Å². The number of hydrogen-bond acceptors (Lipinski definition) is 3. The molecule has 0 spiro atoms. The van der Waals surface area contributed by atoms with E-state index in [2.05, 4.69) is 15.3 Å². The van der Waals surface area contributed by atoms with E-state index in [0.717, 1.165) is 18.5 Å². The van der Waals surface area contributed by atoms with Crippen LogP contribution in [0.25, 0.3) is 0 Å². The fraction of sp³-hybridized carbons (Fsp3) is 0.154. The van der Waals surface area contributed by atoms with Crippen molar-refractivity contribution in [2.45, 2.75) is 12.7 Å². The van der Waals surface area contributed by atoms with Crippen LogP contribution in [0.3, 0.4) is 0 Å². The van der Waals surface area contributed by atoms with Crippen LogP contribution in [0, 0.1) is 0 Å². The third kappa shape index (κ3) is 3.69. The van der Waals surface area contributed by atoms with Crippen LogP contribution in [-0.4, -0.2) is 15.9 Å². The maximum atomic E-state index is 12.8. The van der Waals surface area contributed by atoms with Gasteiger partial charge in [-0.25, -0.2) is 4.98 Å². The largest absolute Gasteiger partial charge is 0.417 e. The number of carbonyl (C=O) groups is 1. The van der Waals surface area contributed by atoms with Crippen LogP contribution in [0.4, 0.5) is 13.2 Å². The lowest BCUT2D eigenvalue weighted by Gasteiger charge is -2.12. The molecular weight excluding hydrogens is 307 g/mol. The third-order valence-corrected chi connectivity index (χ3v) is 2.99. The Hall–Kier alpha value is -2.15. The molecule has 0 aliphatic carbocycles. The molecule has 0 aliphatic heterocycles. The molecule has 0 aromatic carbocycles. The van der Waals surface area contributed by atoms with Gasteiger partial charge in [-0.15, -0.1) is 0 Å². The van der Waals surface area contributed by atoms with E-state index < -0.39 is 23.2 Å². The molecule has 0 saturated heterocycles. The molecule has 0 unspecified atom stereocenters. The van der Waals surface area contributed by atoms with E-state index in [1.807, 2.05) is 0 Å². The van der Waals surface area contributed by atoms with Gasteiger partial charge in [0.05, 0.1) is 11.1 Å². The normalized spacial score (nSPS) is 11.2. The molecule has 1 amide bonds. The van der Waals surface area contributed by atoms with Crippen LogP contribution in [0.5, 0.6) is 0 Å². The predicted octanol–water partition coefficient (Wildman–Crippen LogP) is 3.08. The van der Waals surface area contributed by atoms with Gasteiger partial charge in [0.1, 0.15) is 5.15 Å². The summed E-state index contributed by atoms with van der Waals surface area (Å²) in [6.45, 7) is -0.0301. The first-order valence-corrected chi connectivity index (χ1v) is 6.16. The summed E-state index contributed by atoms with van der Waals surface area (Å²) in [5.74, 6) is -0.879. The summed E-state index contributed by atoms with van der Waals surface area (Å²) < 4.78 is 38.4. The number of pyridine rings is 2. The van der Waals surface area contributed by atoms with Gasteiger partial charge in [-0.2, -0.15) is 13.2 Å². The highest BCUT2D eigenvalue weighted by Gasteiger charge is 2.35. The number of aromatic nitrogens is 2. The fourth-order valence-electron chi connectivity index (χ4n) is 1.64. The lowest BCUT2D eigenvalue weighted by atomic mass is 10.1. The van der Waals surface area contributed by atoms with Crippen molar-refractivity contribution in [1.29, 1.82) is 0 Å². The summed E-state index contributed by atoms with van der Waals surface area (Å²) in [6, 6.07) is 3.98. The van der Waals surface area contributed by atoms with Gasteiger partial charge in [-0.3, -0.25) is 9.78 Å². The number of alkyl halides is 3. The summed E-state index contributed by atoms with van der Waals surface area (Å²) in [4.78, 5) is 19.2. The van der Waals surface area contributed by atoms with Crippen molar-refractivity contribution in [3.63, 3.8) is 0 Å². The van der Waals surface area contributed by atoms with Crippen LogP contribution in [0.2, 0.25) is 5.15 Å². The van der Waals surface area contributed by atoms with Crippen LogP contribution in [-0.2, 0) is 12.7 Å². The standard InChI is InChI=1S/C13H9ClF3N3O/c14-11-8(2-1-4-19-11)6-20-12(21)9-7-18-5-3-10(9)13(15,16)17/h1-5,7H,6H2,(H,20,21). The molecule has 4 nitrogen and oxygen atoms in total. The SMILES string of the molecule is O=C(NCc1cccnc1Cl)c1cnccc1C(F)(F)F. The van der Waals surface area contributed by atoms with E-state index in [0.29, 0.717) is 5.56 Å². The zero-order chi connectivity index (χ0) is 15.5. The van der Waals surface area contributed by atoms with Crippen molar-refractivity contribution in [3.05, 3.63) is 58.6 Å². The summed E-state index contributed by atoms with van der Waals surface area (Å²) in [6.07, 6.45) is -1.29. The Morgan fingerprint density at radius 2 is 2.05 bits per heavy atom. The minimum Gasteiger partial charge on any atom is -0.348 e. The van der Waals surface area contributed by atoms with Crippen molar-refractivity contribution in [2.24, 2.45) is 0 Å². The van der Waals surface area contributed by atoms with Crippen molar-refractivity contribution in [2.75, 3.05) is 0 Å². The molecular formula is C13H9ClF3N3O. The Morgan fingerprint density at radius 3 is 2.71 bits per heavy atom. The van der Waals surface area contributed by atoms with Crippen LogP contribution >= 0.6 is 11.6 Å². The summed E-state index contributed by atoms with van der Waals surface area (Å²) in [5.41, 5.74) is -1.07. The maximum absolute atomic E-state index is 12.8. The second kappa shape index (κ2) is 6.09. The molecule has 0 radical (unpaired) electrons. The number of nitrogens with zero attached hydrogens (tertiary/aromatic N) is 2. The van der Waals surface area contributed by atoms with Gasteiger partial charge in [-0.1, -0.05) is 17.7 Å². The number of nitrogens with one attached hydrogen (secondary N) is 1.